The zero-order chi connectivity index (χ0) is 13.8. The van der Waals surface area contributed by atoms with Crippen molar-refractivity contribution >= 4 is 11.6 Å². The molecule has 0 atom stereocenters. The predicted molar refractivity (Wildman–Crippen MR) is 69.6 cm³/mol. The Hall–Kier alpha value is -2.29. The monoisotopic (exact) mass is 260 g/mol. The molecule has 19 heavy (non-hydrogen) atoms. The fourth-order valence-electron chi connectivity index (χ4n) is 1.66. The maximum absolute atomic E-state index is 11.9. The highest BCUT2D eigenvalue weighted by atomic mass is 16.5. The van der Waals surface area contributed by atoms with Gasteiger partial charge in [-0.3, -0.25) is 4.79 Å². The van der Waals surface area contributed by atoms with Gasteiger partial charge in [-0.2, -0.15) is 5.26 Å². The van der Waals surface area contributed by atoms with Crippen molar-refractivity contribution in [2.75, 3.05) is 18.9 Å². The van der Waals surface area contributed by atoms with Crippen molar-refractivity contribution in [3.05, 3.63) is 17.3 Å². The molecule has 1 fully saturated rings. The van der Waals surface area contributed by atoms with Crippen LogP contribution in [0.15, 0.2) is 6.07 Å². The van der Waals surface area contributed by atoms with Crippen LogP contribution in [0.5, 0.6) is 5.88 Å². The number of anilines is 1. The van der Waals surface area contributed by atoms with Gasteiger partial charge in [-0.15, -0.1) is 0 Å². The zero-order valence-electron chi connectivity index (χ0n) is 10.8. The number of nitrogens with zero attached hydrogens (tertiary/aromatic N) is 2. The number of amides is 1. The van der Waals surface area contributed by atoms with Gasteiger partial charge in [0.15, 0.2) is 0 Å². The van der Waals surface area contributed by atoms with E-state index in [0.29, 0.717) is 19.1 Å². The highest BCUT2D eigenvalue weighted by Crippen LogP contribution is 2.28. The molecule has 0 aliphatic heterocycles. The molecule has 1 aromatic heterocycles. The number of carbonyl (C=O) groups excluding carboxylic acids is 1. The number of nitrogen functional groups attached to an aromatic ring is 1. The summed E-state index contributed by atoms with van der Waals surface area (Å²) in [7, 11) is 0. The lowest BCUT2D eigenvalue weighted by Crippen LogP contribution is -2.26. The first-order chi connectivity index (χ1) is 9.15. The minimum absolute atomic E-state index is 0.113. The Kier molecular flexibility index (Phi) is 3.85. The Balaban J connectivity index is 2.19. The van der Waals surface area contributed by atoms with Crippen molar-refractivity contribution in [2.45, 2.75) is 19.8 Å². The molecule has 1 aromatic rings. The van der Waals surface area contributed by atoms with Crippen LogP contribution in [0.25, 0.3) is 0 Å². The van der Waals surface area contributed by atoms with Crippen LogP contribution in [-0.2, 0) is 0 Å². The van der Waals surface area contributed by atoms with Gasteiger partial charge in [0.1, 0.15) is 17.3 Å². The van der Waals surface area contributed by atoms with Crippen LogP contribution >= 0.6 is 0 Å². The van der Waals surface area contributed by atoms with E-state index in [9.17, 15) is 4.79 Å². The van der Waals surface area contributed by atoms with Crippen molar-refractivity contribution in [2.24, 2.45) is 5.92 Å². The van der Waals surface area contributed by atoms with E-state index in [1.165, 1.54) is 6.07 Å². The number of ether oxygens (including phenoxy) is 1. The lowest BCUT2D eigenvalue weighted by atomic mass is 10.2. The quantitative estimate of drug-likeness (QED) is 0.824. The first-order valence-corrected chi connectivity index (χ1v) is 6.27. The summed E-state index contributed by atoms with van der Waals surface area (Å²) in [6.45, 7) is 2.79. The summed E-state index contributed by atoms with van der Waals surface area (Å²) in [6.07, 6.45) is 2.32. The molecule has 1 heterocycles. The summed E-state index contributed by atoms with van der Waals surface area (Å²) in [4.78, 5) is 16.0. The van der Waals surface area contributed by atoms with E-state index < -0.39 is 0 Å². The number of hydrogen-bond donors (Lipinski definition) is 2. The zero-order valence-corrected chi connectivity index (χ0v) is 10.8. The van der Waals surface area contributed by atoms with Gasteiger partial charge in [-0.25, -0.2) is 4.98 Å². The van der Waals surface area contributed by atoms with Crippen LogP contribution in [0.1, 0.15) is 35.8 Å². The molecular formula is C13H16N4O2. The third kappa shape index (κ3) is 3.13. The third-order valence-corrected chi connectivity index (χ3v) is 2.89. The van der Waals surface area contributed by atoms with Gasteiger partial charge < -0.3 is 15.8 Å². The molecule has 6 heteroatoms. The van der Waals surface area contributed by atoms with Crippen LogP contribution in [-0.4, -0.2) is 24.0 Å². The molecule has 0 spiro atoms. The maximum atomic E-state index is 11.9. The summed E-state index contributed by atoms with van der Waals surface area (Å²) in [5, 5.41) is 11.8. The van der Waals surface area contributed by atoms with Crippen molar-refractivity contribution in [3.8, 4) is 11.9 Å². The molecule has 0 aromatic carbocycles. The Morgan fingerprint density at radius 1 is 1.68 bits per heavy atom. The van der Waals surface area contributed by atoms with Crippen molar-refractivity contribution < 1.29 is 9.53 Å². The van der Waals surface area contributed by atoms with Gasteiger partial charge in [0.2, 0.25) is 5.88 Å². The maximum Gasteiger partial charge on any atom is 0.270 e. The second-order valence-electron chi connectivity index (χ2n) is 4.48. The standard InChI is InChI=1S/C13H16N4O2/c1-2-19-13-9(6-14)10(15)5-11(17-13)12(18)16-7-8-3-4-8/h5,8H,2-4,7H2,1H3,(H2,15,17)(H,16,18). The number of nitriles is 1. The van der Waals surface area contributed by atoms with Crippen LogP contribution in [0.2, 0.25) is 0 Å². The van der Waals surface area contributed by atoms with Crippen molar-refractivity contribution in [1.82, 2.24) is 10.3 Å². The van der Waals surface area contributed by atoms with Gasteiger partial charge in [-0.1, -0.05) is 0 Å². The number of carbonyl (C=O) groups is 1. The summed E-state index contributed by atoms with van der Waals surface area (Å²) in [5.74, 6) is 0.414. The lowest BCUT2D eigenvalue weighted by Gasteiger charge is -2.09. The molecule has 0 radical (unpaired) electrons. The minimum Gasteiger partial charge on any atom is -0.477 e. The van der Waals surface area contributed by atoms with E-state index in [2.05, 4.69) is 10.3 Å². The molecule has 0 saturated heterocycles. The lowest BCUT2D eigenvalue weighted by molar-refractivity contribution is 0.0945. The normalized spacial score (nSPS) is 13.7. The molecule has 0 unspecified atom stereocenters. The van der Waals surface area contributed by atoms with E-state index in [4.69, 9.17) is 15.7 Å². The topological polar surface area (TPSA) is 101 Å². The highest BCUT2D eigenvalue weighted by molar-refractivity contribution is 5.93. The van der Waals surface area contributed by atoms with E-state index >= 15 is 0 Å². The molecule has 1 amide bonds. The second-order valence-corrected chi connectivity index (χ2v) is 4.48. The molecule has 2 rings (SSSR count). The average molecular weight is 260 g/mol. The molecule has 1 aliphatic rings. The number of hydrogen-bond acceptors (Lipinski definition) is 5. The summed E-state index contributed by atoms with van der Waals surface area (Å²) in [6, 6.07) is 3.34. The van der Waals surface area contributed by atoms with E-state index in [1.54, 1.807) is 6.92 Å². The fourth-order valence-corrected chi connectivity index (χ4v) is 1.66. The summed E-state index contributed by atoms with van der Waals surface area (Å²) >= 11 is 0. The van der Waals surface area contributed by atoms with Crippen LogP contribution in [0.4, 0.5) is 5.69 Å². The number of rotatable bonds is 5. The van der Waals surface area contributed by atoms with Gasteiger partial charge in [0.25, 0.3) is 5.91 Å². The van der Waals surface area contributed by atoms with Crippen LogP contribution in [0.3, 0.4) is 0 Å². The smallest absolute Gasteiger partial charge is 0.270 e. The third-order valence-electron chi connectivity index (χ3n) is 2.89. The van der Waals surface area contributed by atoms with Crippen molar-refractivity contribution in [1.29, 1.82) is 5.26 Å². The molecule has 6 nitrogen and oxygen atoms in total. The van der Waals surface area contributed by atoms with Crippen molar-refractivity contribution in [3.63, 3.8) is 0 Å². The van der Waals surface area contributed by atoms with Crippen LogP contribution < -0.4 is 15.8 Å². The fraction of sp³-hybridized carbons (Fsp3) is 0.462. The van der Waals surface area contributed by atoms with Crippen LogP contribution in [0, 0.1) is 17.2 Å². The van der Waals surface area contributed by atoms with E-state index in [-0.39, 0.29) is 28.7 Å². The molecule has 1 aliphatic carbocycles. The molecule has 0 bridgehead atoms. The largest absolute Gasteiger partial charge is 0.477 e. The molecule has 100 valence electrons. The molecular weight excluding hydrogens is 244 g/mol. The van der Waals surface area contributed by atoms with Gasteiger partial charge in [-0.05, 0) is 31.7 Å². The first-order valence-electron chi connectivity index (χ1n) is 6.27. The summed E-state index contributed by atoms with van der Waals surface area (Å²) < 4.78 is 5.24. The predicted octanol–water partition coefficient (Wildman–Crippen LogP) is 1.07. The second kappa shape index (κ2) is 5.57. The van der Waals surface area contributed by atoms with E-state index in [1.807, 2.05) is 6.07 Å². The average Bonchev–Trinajstić information content (AvgIpc) is 3.20. The number of nitrogens with one attached hydrogen (secondary N) is 1. The Labute approximate surface area is 111 Å². The first kappa shape index (κ1) is 13.1. The summed E-state index contributed by atoms with van der Waals surface area (Å²) in [5.41, 5.74) is 6.30. The SMILES string of the molecule is CCOc1nc(C(=O)NCC2CC2)cc(N)c1C#N. The van der Waals surface area contributed by atoms with Gasteiger partial charge in [0, 0.05) is 6.54 Å². The molecule has 3 N–H and O–H groups in total. The molecule has 1 saturated carbocycles. The Morgan fingerprint density at radius 2 is 2.42 bits per heavy atom. The Bertz CT molecular complexity index is 532. The van der Waals surface area contributed by atoms with Gasteiger partial charge >= 0.3 is 0 Å². The van der Waals surface area contributed by atoms with E-state index in [0.717, 1.165) is 12.8 Å². The Morgan fingerprint density at radius 3 is 3.00 bits per heavy atom. The number of aromatic nitrogens is 1. The highest BCUT2D eigenvalue weighted by Gasteiger charge is 2.23. The minimum atomic E-state index is -0.288. The number of pyridine rings is 1. The van der Waals surface area contributed by atoms with Gasteiger partial charge in [0.05, 0.1) is 12.3 Å². The number of nitrogens with two attached hydrogens (primary N) is 1.